The van der Waals surface area contributed by atoms with E-state index >= 15 is 0 Å². The van der Waals surface area contributed by atoms with Crippen LogP contribution in [0.5, 0.6) is 0 Å². The number of hydrogen-bond acceptors (Lipinski definition) is 7. The largest absolute Gasteiger partial charge is 0.465 e. The van der Waals surface area contributed by atoms with Crippen molar-refractivity contribution in [2.75, 3.05) is 26.8 Å². The van der Waals surface area contributed by atoms with Gasteiger partial charge in [-0.1, -0.05) is 12.1 Å². The Bertz CT molecular complexity index is 861. The molecule has 160 valence electrons. The highest BCUT2D eigenvalue weighted by Gasteiger charge is 2.34. The summed E-state index contributed by atoms with van der Waals surface area (Å²) in [4.78, 5) is 35.8. The number of benzene rings is 1. The molecular weight excluding hydrogens is 400 g/mol. The smallest absolute Gasteiger partial charge is 0.339 e. The van der Waals surface area contributed by atoms with Crippen LogP contribution in [0.2, 0.25) is 0 Å². The monoisotopic (exact) mass is 426 g/mol. The van der Waals surface area contributed by atoms with E-state index in [1.165, 1.54) is 29.6 Å². The standard InChI is InChI=1S/C19H26N2O7S/c1-4-28-18(23)13(2)20-17(22)14-9-11-21(12-10-14)29(25,26)16-8-6-5-7-15(16)19(24)27-3/h5-8,13-14H,4,9-12H2,1-3H3,(H,20,22). The van der Waals surface area contributed by atoms with Crippen LogP contribution in [-0.4, -0.2) is 63.4 Å². The minimum absolute atomic E-state index is 0.0295. The third kappa shape index (κ3) is 5.33. The highest BCUT2D eigenvalue weighted by Crippen LogP contribution is 2.26. The van der Waals surface area contributed by atoms with Crippen LogP contribution >= 0.6 is 0 Å². The molecule has 1 heterocycles. The molecule has 1 unspecified atom stereocenters. The number of methoxy groups -OCH3 is 1. The molecule has 1 aliphatic heterocycles. The summed E-state index contributed by atoms with van der Waals surface area (Å²) in [6.07, 6.45) is 0.613. The Kier molecular flexibility index (Phi) is 7.74. The van der Waals surface area contributed by atoms with Gasteiger partial charge in [-0.15, -0.1) is 0 Å². The second kappa shape index (κ2) is 9.84. The van der Waals surface area contributed by atoms with Crippen molar-refractivity contribution < 1.29 is 32.3 Å². The molecule has 2 rings (SSSR count). The van der Waals surface area contributed by atoms with Crippen LogP contribution in [0, 0.1) is 5.92 Å². The molecule has 1 aromatic rings. The van der Waals surface area contributed by atoms with Gasteiger partial charge in [0.1, 0.15) is 6.04 Å². The van der Waals surface area contributed by atoms with Crippen LogP contribution in [0.4, 0.5) is 0 Å². The van der Waals surface area contributed by atoms with Crippen molar-refractivity contribution in [1.82, 2.24) is 9.62 Å². The maximum atomic E-state index is 13.0. The van der Waals surface area contributed by atoms with Gasteiger partial charge in [-0.2, -0.15) is 4.31 Å². The van der Waals surface area contributed by atoms with Gasteiger partial charge in [0.25, 0.3) is 0 Å². The third-order valence-corrected chi connectivity index (χ3v) is 6.69. The molecule has 1 amide bonds. The molecule has 0 spiro atoms. The van der Waals surface area contributed by atoms with Crippen molar-refractivity contribution in [2.45, 2.75) is 37.6 Å². The van der Waals surface area contributed by atoms with Crippen LogP contribution < -0.4 is 5.32 Å². The molecule has 0 radical (unpaired) electrons. The van der Waals surface area contributed by atoms with Crippen LogP contribution in [-0.2, 0) is 29.1 Å². The summed E-state index contributed by atoms with van der Waals surface area (Å²) in [5.41, 5.74) is -0.0295. The number of rotatable bonds is 7. The second-order valence-electron chi connectivity index (χ2n) is 6.65. The quantitative estimate of drug-likeness (QED) is 0.645. The van der Waals surface area contributed by atoms with Crippen LogP contribution in [0.3, 0.4) is 0 Å². The first-order chi connectivity index (χ1) is 13.7. The number of sulfonamides is 1. The molecule has 0 saturated carbocycles. The lowest BCUT2D eigenvalue weighted by atomic mass is 9.97. The van der Waals surface area contributed by atoms with E-state index in [0.29, 0.717) is 12.8 Å². The van der Waals surface area contributed by atoms with E-state index in [1.54, 1.807) is 19.9 Å². The van der Waals surface area contributed by atoms with Gasteiger partial charge in [-0.25, -0.2) is 18.0 Å². The minimum Gasteiger partial charge on any atom is -0.465 e. The van der Waals surface area contributed by atoms with Crippen molar-refractivity contribution in [3.63, 3.8) is 0 Å². The van der Waals surface area contributed by atoms with E-state index in [1.807, 2.05) is 0 Å². The van der Waals surface area contributed by atoms with Gasteiger partial charge in [0, 0.05) is 19.0 Å². The van der Waals surface area contributed by atoms with Crippen LogP contribution in [0.25, 0.3) is 0 Å². The average molecular weight is 426 g/mol. The first-order valence-electron chi connectivity index (χ1n) is 9.36. The Labute approximate surface area is 170 Å². The average Bonchev–Trinajstić information content (AvgIpc) is 2.73. The zero-order valence-electron chi connectivity index (χ0n) is 16.7. The van der Waals surface area contributed by atoms with E-state index in [2.05, 4.69) is 10.1 Å². The Hall–Kier alpha value is -2.46. The summed E-state index contributed by atoms with van der Waals surface area (Å²) in [7, 11) is -2.73. The number of hydrogen-bond donors (Lipinski definition) is 1. The van der Waals surface area contributed by atoms with Crippen molar-refractivity contribution >= 4 is 27.9 Å². The van der Waals surface area contributed by atoms with Crippen molar-refractivity contribution in [1.29, 1.82) is 0 Å². The first kappa shape index (κ1) is 22.8. The zero-order chi connectivity index (χ0) is 21.6. The summed E-state index contributed by atoms with van der Waals surface area (Å²) < 4.78 is 36.8. The van der Waals surface area contributed by atoms with E-state index in [0.717, 1.165) is 0 Å². The summed E-state index contributed by atoms with van der Waals surface area (Å²) >= 11 is 0. The van der Waals surface area contributed by atoms with Gasteiger partial charge in [0.05, 0.1) is 24.2 Å². The number of nitrogens with one attached hydrogen (secondary N) is 1. The molecule has 29 heavy (non-hydrogen) atoms. The number of carbonyl (C=O) groups is 3. The fourth-order valence-corrected chi connectivity index (χ4v) is 4.77. The predicted molar refractivity (Wildman–Crippen MR) is 104 cm³/mol. The second-order valence-corrected chi connectivity index (χ2v) is 8.55. The molecule has 1 aliphatic rings. The predicted octanol–water partition coefficient (Wildman–Crippen LogP) is 0.942. The van der Waals surface area contributed by atoms with Gasteiger partial charge in [0.15, 0.2) is 0 Å². The number of amides is 1. The minimum atomic E-state index is -3.91. The normalized spacial score (nSPS) is 16.7. The first-order valence-corrected chi connectivity index (χ1v) is 10.8. The number of esters is 2. The SMILES string of the molecule is CCOC(=O)C(C)NC(=O)C1CCN(S(=O)(=O)c2ccccc2C(=O)OC)CC1. The fourth-order valence-electron chi connectivity index (χ4n) is 3.13. The summed E-state index contributed by atoms with van der Waals surface area (Å²) in [5.74, 6) is -1.96. The van der Waals surface area contributed by atoms with Gasteiger partial charge in [0.2, 0.25) is 15.9 Å². The molecule has 0 aliphatic carbocycles. The number of piperidine rings is 1. The Morgan fingerprint density at radius 3 is 2.41 bits per heavy atom. The third-order valence-electron chi connectivity index (χ3n) is 4.73. The number of carbonyl (C=O) groups excluding carboxylic acids is 3. The lowest BCUT2D eigenvalue weighted by molar-refractivity contribution is -0.147. The zero-order valence-corrected chi connectivity index (χ0v) is 17.5. The maximum absolute atomic E-state index is 13.0. The Morgan fingerprint density at radius 1 is 1.21 bits per heavy atom. The molecule has 1 fully saturated rings. The van der Waals surface area contributed by atoms with Crippen molar-refractivity contribution in [2.24, 2.45) is 5.92 Å². The molecule has 9 nitrogen and oxygen atoms in total. The van der Waals surface area contributed by atoms with Crippen LogP contribution in [0.1, 0.15) is 37.0 Å². The molecule has 1 saturated heterocycles. The summed E-state index contributed by atoms with van der Waals surface area (Å²) in [6.45, 7) is 3.70. The lowest BCUT2D eigenvalue weighted by Gasteiger charge is -2.31. The molecule has 1 N–H and O–H groups in total. The van der Waals surface area contributed by atoms with Gasteiger partial charge < -0.3 is 14.8 Å². The molecule has 1 atom stereocenters. The molecule has 0 aromatic heterocycles. The highest BCUT2D eigenvalue weighted by molar-refractivity contribution is 7.89. The van der Waals surface area contributed by atoms with Gasteiger partial charge in [-0.3, -0.25) is 4.79 Å². The summed E-state index contributed by atoms with van der Waals surface area (Å²) in [5, 5.41) is 2.61. The lowest BCUT2D eigenvalue weighted by Crippen LogP contribution is -2.47. The molecule has 0 bridgehead atoms. The number of nitrogens with zero attached hydrogens (tertiary/aromatic N) is 1. The van der Waals surface area contributed by atoms with E-state index in [9.17, 15) is 22.8 Å². The van der Waals surface area contributed by atoms with E-state index < -0.39 is 33.9 Å². The van der Waals surface area contributed by atoms with E-state index in [-0.39, 0.29) is 36.1 Å². The topological polar surface area (TPSA) is 119 Å². The fraction of sp³-hybridized carbons (Fsp3) is 0.526. The van der Waals surface area contributed by atoms with Crippen molar-refractivity contribution in [3.8, 4) is 0 Å². The molecule has 1 aromatic carbocycles. The van der Waals surface area contributed by atoms with Gasteiger partial charge in [-0.05, 0) is 38.8 Å². The van der Waals surface area contributed by atoms with Gasteiger partial charge >= 0.3 is 11.9 Å². The maximum Gasteiger partial charge on any atom is 0.339 e. The number of ether oxygens (including phenoxy) is 2. The van der Waals surface area contributed by atoms with E-state index in [4.69, 9.17) is 4.74 Å². The molecule has 10 heteroatoms. The van der Waals surface area contributed by atoms with Crippen LogP contribution in [0.15, 0.2) is 29.2 Å². The molecular formula is C19H26N2O7S. The highest BCUT2D eigenvalue weighted by atomic mass is 32.2. The Balaban J connectivity index is 2.04. The Morgan fingerprint density at radius 2 is 1.83 bits per heavy atom. The summed E-state index contributed by atoms with van der Waals surface area (Å²) in [6, 6.07) is 5.09. The van der Waals surface area contributed by atoms with Crippen molar-refractivity contribution in [3.05, 3.63) is 29.8 Å².